The molecule has 0 unspecified atom stereocenters. The highest BCUT2D eigenvalue weighted by atomic mass is 16.5. The Morgan fingerprint density at radius 2 is 1.64 bits per heavy atom. The zero-order valence-corrected chi connectivity index (χ0v) is 15.4. The Labute approximate surface area is 163 Å². The second-order valence-electron chi connectivity index (χ2n) is 6.19. The van der Waals surface area contributed by atoms with Gasteiger partial charge in [0.25, 0.3) is 0 Å². The first-order valence-corrected chi connectivity index (χ1v) is 8.86. The van der Waals surface area contributed by atoms with Crippen molar-refractivity contribution in [2.24, 2.45) is 4.99 Å². The lowest BCUT2D eigenvalue weighted by Gasteiger charge is -2.04. The zero-order valence-electron chi connectivity index (χ0n) is 15.4. The molecule has 0 aliphatic carbocycles. The largest absolute Gasteiger partial charge is 0.504 e. The monoisotopic (exact) mass is 369 g/mol. The number of hydrogen-bond donors (Lipinski definition) is 1. The normalized spacial score (nSPS) is 11.0. The van der Waals surface area contributed by atoms with Crippen LogP contribution in [0.15, 0.2) is 89.9 Å². The van der Waals surface area contributed by atoms with E-state index in [4.69, 9.17) is 9.84 Å². The molecule has 0 aliphatic rings. The molecule has 0 saturated carbocycles. The lowest BCUT2D eigenvalue weighted by molar-refractivity contribution is 0.373. The Kier molecular flexibility index (Phi) is 4.89. The van der Waals surface area contributed by atoms with E-state index >= 15 is 0 Å². The van der Waals surface area contributed by atoms with E-state index in [9.17, 15) is 5.11 Å². The number of phenols is 1. The van der Waals surface area contributed by atoms with Crippen molar-refractivity contribution in [3.63, 3.8) is 0 Å². The zero-order chi connectivity index (χ0) is 19.3. The van der Waals surface area contributed by atoms with E-state index < -0.39 is 0 Å². The lowest BCUT2D eigenvalue weighted by Crippen LogP contribution is -1.96. The Morgan fingerprint density at radius 3 is 2.36 bits per heavy atom. The summed E-state index contributed by atoms with van der Waals surface area (Å²) in [6.07, 6.45) is 1.73. The quantitative estimate of drug-likeness (QED) is 0.503. The topological polar surface area (TPSA) is 59.6 Å². The van der Waals surface area contributed by atoms with Gasteiger partial charge in [0.05, 0.1) is 18.5 Å². The average Bonchev–Trinajstić information content (AvgIpc) is 3.19. The van der Waals surface area contributed by atoms with Crippen LogP contribution in [0.3, 0.4) is 0 Å². The highest BCUT2D eigenvalue weighted by Gasteiger charge is 2.10. The molecule has 0 saturated heterocycles. The lowest BCUT2D eigenvalue weighted by atomic mass is 10.1. The van der Waals surface area contributed by atoms with E-state index in [-0.39, 0.29) is 5.75 Å². The van der Waals surface area contributed by atoms with Crippen molar-refractivity contribution in [2.45, 2.75) is 0 Å². The van der Waals surface area contributed by atoms with Gasteiger partial charge in [-0.15, -0.1) is 0 Å². The fourth-order valence-electron chi connectivity index (χ4n) is 2.89. The van der Waals surface area contributed by atoms with Gasteiger partial charge in [-0.1, -0.05) is 48.5 Å². The molecule has 0 spiro atoms. The molecule has 0 radical (unpaired) electrons. The van der Waals surface area contributed by atoms with Crippen molar-refractivity contribution in [2.75, 3.05) is 7.11 Å². The summed E-state index contributed by atoms with van der Waals surface area (Å²) >= 11 is 0. The van der Waals surface area contributed by atoms with Gasteiger partial charge in [-0.25, -0.2) is 9.67 Å². The predicted octanol–water partition coefficient (Wildman–Crippen LogP) is 5.00. The van der Waals surface area contributed by atoms with Crippen molar-refractivity contribution in [1.29, 1.82) is 0 Å². The number of methoxy groups -OCH3 is 1. The Morgan fingerprint density at radius 1 is 0.929 bits per heavy atom. The van der Waals surface area contributed by atoms with Crippen LogP contribution in [0.1, 0.15) is 5.56 Å². The number of aromatic hydroxyl groups is 1. The molecular weight excluding hydrogens is 350 g/mol. The standard InChI is InChI=1S/C23H19N3O2/c1-28-22-14-17(12-13-21(22)27)16-24-23-15-20(18-8-4-2-5-9-18)25-26(23)19-10-6-3-7-11-19/h2-16,27H,1H3. The third kappa shape index (κ3) is 3.64. The summed E-state index contributed by atoms with van der Waals surface area (Å²) in [5.74, 6) is 1.21. The minimum atomic E-state index is 0.0975. The van der Waals surface area contributed by atoms with Crippen molar-refractivity contribution >= 4 is 12.0 Å². The van der Waals surface area contributed by atoms with Crippen LogP contribution in [-0.4, -0.2) is 28.2 Å². The molecule has 1 heterocycles. The molecule has 4 aromatic rings. The van der Waals surface area contributed by atoms with Crippen LogP contribution < -0.4 is 4.74 Å². The molecule has 0 atom stereocenters. The van der Waals surface area contributed by atoms with Crippen LogP contribution >= 0.6 is 0 Å². The van der Waals surface area contributed by atoms with Crippen molar-refractivity contribution in [1.82, 2.24) is 9.78 Å². The number of para-hydroxylation sites is 1. The molecule has 1 N–H and O–H groups in total. The first-order chi connectivity index (χ1) is 13.7. The van der Waals surface area contributed by atoms with Crippen LogP contribution in [0.25, 0.3) is 16.9 Å². The first kappa shape index (κ1) is 17.5. The Hall–Kier alpha value is -3.86. The summed E-state index contributed by atoms with van der Waals surface area (Å²) < 4.78 is 6.98. The van der Waals surface area contributed by atoms with Crippen LogP contribution in [0.4, 0.5) is 5.82 Å². The van der Waals surface area contributed by atoms with Crippen molar-refractivity contribution in [3.8, 4) is 28.4 Å². The molecule has 0 aliphatic heterocycles. The summed E-state index contributed by atoms with van der Waals surface area (Å²) in [5, 5.41) is 14.5. The number of benzene rings is 3. The number of rotatable bonds is 5. The van der Waals surface area contributed by atoms with E-state index in [1.54, 1.807) is 24.4 Å². The SMILES string of the molecule is COc1cc(C=Nc2cc(-c3ccccc3)nn2-c2ccccc2)ccc1O. The summed E-state index contributed by atoms with van der Waals surface area (Å²) in [7, 11) is 1.52. The summed E-state index contributed by atoms with van der Waals surface area (Å²) in [6.45, 7) is 0. The molecule has 1 aromatic heterocycles. The van der Waals surface area contributed by atoms with Gasteiger partial charge in [-0.3, -0.25) is 0 Å². The Bertz CT molecular complexity index is 1100. The number of aromatic nitrogens is 2. The van der Waals surface area contributed by atoms with Crippen molar-refractivity contribution in [3.05, 3.63) is 90.5 Å². The van der Waals surface area contributed by atoms with E-state index in [0.717, 1.165) is 22.5 Å². The average molecular weight is 369 g/mol. The highest BCUT2D eigenvalue weighted by molar-refractivity contribution is 5.83. The molecule has 28 heavy (non-hydrogen) atoms. The minimum absolute atomic E-state index is 0.0975. The number of ether oxygens (including phenoxy) is 1. The predicted molar refractivity (Wildman–Crippen MR) is 111 cm³/mol. The summed E-state index contributed by atoms with van der Waals surface area (Å²) in [5.41, 5.74) is 3.62. The smallest absolute Gasteiger partial charge is 0.161 e. The van der Waals surface area contributed by atoms with Gasteiger partial charge in [0.2, 0.25) is 0 Å². The molecule has 5 nitrogen and oxygen atoms in total. The second kappa shape index (κ2) is 7.80. The molecule has 0 fully saturated rings. The fourth-order valence-corrected chi connectivity index (χ4v) is 2.89. The van der Waals surface area contributed by atoms with Crippen LogP contribution in [0, 0.1) is 0 Å². The fraction of sp³-hybridized carbons (Fsp3) is 0.0435. The van der Waals surface area contributed by atoms with E-state index in [1.807, 2.05) is 71.4 Å². The Balaban J connectivity index is 1.76. The maximum atomic E-state index is 9.76. The number of nitrogens with zero attached hydrogens (tertiary/aromatic N) is 3. The van der Waals surface area contributed by atoms with E-state index in [0.29, 0.717) is 11.6 Å². The van der Waals surface area contributed by atoms with E-state index in [1.165, 1.54) is 7.11 Å². The van der Waals surface area contributed by atoms with Gasteiger partial charge in [0, 0.05) is 17.8 Å². The molecule has 5 heteroatoms. The van der Waals surface area contributed by atoms with Gasteiger partial charge < -0.3 is 9.84 Å². The molecule has 0 amide bonds. The van der Waals surface area contributed by atoms with Gasteiger partial charge >= 0.3 is 0 Å². The molecular formula is C23H19N3O2. The first-order valence-electron chi connectivity index (χ1n) is 8.86. The van der Waals surface area contributed by atoms with Gasteiger partial charge in [-0.05, 0) is 35.9 Å². The molecule has 3 aromatic carbocycles. The molecule has 4 rings (SSSR count). The van der Waals surface area contributed by atoms with Gasteiger partial charge in [-0.2, -0.15) is 5.10 Å². The number of aliphatic imine (C=N–C) groups is 1. The van der Waals surface area contributed by atoms with Crippen LogP contribution in [0.5, 0.6) is 11.5 Å². The molecule has 138 valence electrons. The summed E-state index contributed by atoms with van der Waals surface area (Å²) in [6, 6.07) is 27.0. The summed E-state index contributed by atoms with van der Waals surface area (Å²) in [4.78, 5) is 4.64. The van der Waals surface area contributed by atoms with Crippen LogP contribution in [0.2, 0.25) is 0 Å². The van der Waals surface area contributed by atoms with Crippen molar-refractivity contribution < 1.29 is 9.84 Å². The number of phenolic OH excluding ortho intramolecular Hbond substituents is 1. The third-order valence-corrected chi connectivity index (χ3v) is 4.31. The second-order valence-corrected chi connectivity index (χ2v) is 6.19. The molecule has 0 bridgehead atoms. The maximum Gasteiger partial charge on any atom is 0.161 e. The van der Waals surface area contributed by atoms with E-state index in [2.05, 4.69) is 4.99 Å². The van der Waals surface area contributed by atoms with Gasteiger partial charge in [0.1, 0.15) is 0 Å². The maximum absolute atomic E-state index is 9.76. The minimum Gasteiger partial charge on any atom is -0.504 e. The highest BCUT2D eigenvalue weighted by Crippen LogP contribution is 2.28. The number of hydrogen-bond acceptors (Lipinski definition) is 4. The third-order valence-electron chi connectivity index (χ3n) is 4.31. The van der Waals surface area contributed by atoms with Crippen LogP contribution in [-0.2, 0) is 0 Å². The van der Waals surface area contributed by atoms with Gasteiger partial charge in [0.15, 0.2) is 17.3 Å².